The minimum Gasteiger partial charge on any atom is -0.487 e. The lowest BCUT2D eigenvalue weighted by Gasteiger charge is -2.12. The van der Waals surface area contributed by atoms with Crippen LogP contribution in [0.5, 0.6) is 5.75 Å². The fourth-order valence-corrected chi connectivity index (χ4v) is 2.39. The Morgan fingerprint density at radius 3 is 2.56 bits per heavy atom. The number of nitrogens with one attached hydrogen (secondary N) is 1. The van der Waals surface area contributed by atoms with Gasteiger partial charge in [-0.1, -0.05) is 12.1 Å². The fraction of sp³-hybridized carbons (Fsp3) is 0.100. The van der Waals surface area contributed by atoms with Gasteiger partial charge in [0.15, 0.2) is 0 Å². The molecular formula is C20H18N4O3. The van der Waals surface area contributed by atoms with Crippen LogP contribution in [-0.4, -0.2) is 21.8 Å². The van der Waals surface area contributed by atoms with Crippen LogP contribution in [0.25, 0.3) is 0 Å². The number of benzene rings is 1. The maximum absolute atomic E-state index is 12.3. The average molecular weight is 362 g/mol. The summed E-state index contributed by atoms with van der Waals surface area (Å²) >= 11 is 0. The SMILES string of the molecule is Cc1ccc(COc2cncc(C(N)=O)c2)cc1NC(=O)c1ccncc1. The van der Waals surface area contributed by atoms with E-state index in [2.05, 4.69) is 15.3 Å². The molecule has 0 spiro atoms. The first-order valence-electron chi connectivity index (χ1n) is 8.21. The second-order valence-corrected chi connectivity index (χ2v) is 5.90. The Morgan fingerprint density at radius 2 is 1.81 bits per heavy atom. The summed E-state index contributed by atoms with van der Waals surface area (Å²) in [6.45, 7) is 2.16. The number of aryl methyl sites for hydroxylation is 1. The summed E-state index contributed by atoms with van der Waals surface area (Å²) in [5.41, 5.74) is 8.53. The number of anilines is 1. The standard InChI is InChI=1S/C20H18N4O3/c1-13-2-3-14(12-27-17-9-16(19(21)25)10-23-11-17)8-18(13)24-20(26)15-4-6-22-7-5-15/h2-11H,12H2,1H3,(H2,21,25)(H,24,26). The highest BCUT2D eigenvalue weighted by Gasteiger charge is 2.09. The third-order valence-corrected chi connectivity index (χ3v) is 3.90. The molecule has 27 heavy (non-hydrogen) atoms. The van der Waals surface area contributed by atoms with E-state index in [1.54, 1.807) is 24.5 Å². The summed E-state index contributed by atoms with van der Waals surface area (Å²) < 4.78 is 5.68. The van der Waals surface area contributed by atoms with Gasteiger partial charge in [0, 0.05) is 29.8 Å². The van der Waals surface area contributed by atoms with Crippen molar-refractivity contribution in [1.82, 2.24) is 9.97 Å². The maximum atomic E-state index is 12.3. The van der Waals surface area contributed by atoms with Crippen LogP contribution in [0.3, 0.4) is 0 Å². The van der Waals surface area contributed by atoms with E-state index in [9.17, 15) is 9.59 Å². The van der Waals surface area contributed by atoms with Gasteiger partial charge in [0.25, 0.3) is 5.91 Å². The lowest BCUT2D eigenvalue weighted by molar-refractivity contribution is 0.0997. The van der Waals surface area contributed by atoms with Gasteiger partial charge in [-0.3, -0.25) is 19.6 Å². The summed E-state index contributed by atoms with van der Waals surface area (Å²) in [6, 6.07) is 10.5. The minimum atomic E-state index is -0.565. The monoisotopic (exact) mass is 362 g/mol. The molecular weight excluding hydrogens is 344 g/mol. The molecule has 0 radical (unpaired) electrons. The molecule has 2 heterocycles. The average Bonchev–Trinajstić information content (AvgIpc) is 2.69. The second kappa shape index (κ2) is 8.09. The van der Waals surface area contributed by atoms with Crippen LogP contribution in [0, 0.1) is 6.92 Å². The highest BCUT2D eigenvalue weighted by Crippen LogP contribution is 2.20. The van der Waals surface area contributed by atoms with E-state index in [4.69, 9.17) is 10.5 Å². The molecule has 1 aromatic carbocycles. The second-order valence-electron chi connectivity index (χ2n) is 5.90. The zero-order valence-corrected chi connectivity index (χ0v) is 14.7. The normalized spacial score (nSPS) is 10.3. The van der Waals surface area contributed by atoms with E-state index in [1.165, 1.54) is 18.5 Å². The van der Waals surface area contributed by atoms with Gasteiger partial charge < -0.3 is 15.8 Å². The highest BCUT2D eigenvalue weighted by molar-refractivity contribution is 6.04. The van der Waals surface area contributed by atoms with Crippen LogP contribution in [0.4, 0.5) is 5.69 Å². The summed E-state index contributed by atoms with van der Waals surface area (Å²) in [7, 11) is 0. The number of nitrogens with two attached hydrogens (primary N) is 1. The molecule has 0 saturated carbocycles. The van der Waals surface area contributed by atoms with Crippen LogP contribution in [0.15, 0.2) is 61.2 Å². The lowest BCUT2D eigenvalue weighted by atomic mass is 10.1. The molecule has 7 heteroatoms. The number of rotatable bonds is 6. The van der Waals surface area contributed by atoms with Crippen molar-refractivity contribution in [2.45, 2.75) is 13.5 Å². The van der Waals surface area contributed by atoms with Crippen LogP contribution >= 0.6 is 0 Å². The molecule has 3 aromatic rings. The van der Waals surface area contributed by atoms with Gasteiger partial charge in [0.2, 0.25) is 5.91 Å². The Labute approximate surface area is 156 Å². The zero-order chi connectivity index (χ0) is 19.2. The van der Waals surface area contributed by atoms with Crippen LogP contribution in [0.2, 0.25) is 0 Å². The number of nitrogens with zero attached hydrogens (tertiary/aromatic N) is 2. The number of pyridine rings is 2. The number of carbonyl (C=O) groups is 2. The molecule has 0 unspecified atom stereocenters. The Bertz CT molecular complexity index is 974. The number of ether oxygens (including phenoxy) is 1. The first-order chi connectivity index (χ1) is 13.0. The van der Waals surface area contributed by atoms with Gasteiger partial charge in [0.05, 0.1) is 11.8 Å². The first kappa shape index (κ1) is 18.1. The summed E-state index contributed by atoms with van der Waals surface area (Å²) in [4.78, 5) is 31.4. The Hall–Kier alpha value is -3.74. The maximum Gasteiger partial charge on any atom is 0.255 e. The van der Waals surface area contributed by atoms with Gasteiger partial charge in [-0.2, -0.15) is 0 Å². The Kier molecular flexibility index (Phi) is 5.41. The van der Waals surface area contributed by atoms with E-state index < -0.39 is 5.91 Å². The smallest absolute Gasteiger partial charge is 0.255 e. The molecule has 0 aliphatic rings. The Balaban J connectivity index is 1.71. The van der Waals surface area contributed by atoms with Crippen LogP contribution in [0.1, 0.15) is 31.8 Å². The van der Waals surface area contributed by atoms with Gasteiger partial charge in [-0.15, -0.1) is 0 Å². The first-order valence-corrected chi connectivity index (χ1v) is 8.21. The Morgan fingerprint density at radius 1 is 1.04 bits per heavy atom. The van der Waals surface area contributed by atoms with Crippen molar-refractivity contribution in [2.24, 2.45) is 5.73 Å². The third-order valence-electron chi connectivity index (χ3n) is 3.90. The molecule has 136 valence electrons. The number of aromatic nitrogens is 2. The molecule has 0 saturated heterocycles. The minimum absolute atomic E-state index is 0.211. The molecule has 2 aromatic heterocycles. The topological polar surface area (TPSA) is 107 Å². The van der Waals surface area contributed by atoms with Crippen molar-refractivity contribution in [3.63, 3.8) is 0 Å². The van der Waals surface area contributed by atoms with Crippen molar-refractivity contribution in [3.05, 3.63) is 83.4 Å². The van der Waals surface area contributed by atoms with Gasteiger partial charge >= 0.3 is 0 Å². The molecule has 0 aliphatic carbocycles. The molecule has 0 bridgehead atoms. The predicted molar refractivity (Wildman–Crippen MR) is 100 cm³/mol. The molecule has 0 fully saturated rings. The van der Waals surface area contributed by atoms with Crippen molar-refractivity contribution >= 4 is 17.5 Å². The van der Waals surface area contributed by atoms with Crippen molar-refractivity contribution in [2.75, 3.05) is 5.32 Å². The van der Waals surface area contributed by atoms with E-state index in [0.717, 1.165) is 11.1 Å². The number of carbonyl (C=O) groups excluding carboxylic acids is 2. The van der Waals surface area contributed by atoms with E-state index in [1.807, 2.05) is 25.1 Å². The van der Waals surface area contributed by atoms with Gasteiger partial charge in [-0.25, -0.2) is 0 Å². The molecule has 0 aliphatic heterocycles. The molecule has 7 nitrogen and oxygen atoms in total. The van der Waals surface area contributed by atoms with E-state index in [0.29, 0.717) is 17.0 Å². The number of amides is 2. The van der Waals surface area contributed by atoms with Crippen molar-refractivity contribution < 1.29 is 14.3 Å². The molecule has 3 rings (SSSR count). The number of hydrogen-bond donors (Lipinski definition) is 2. The fourth-order valence-electron chi connectivity index (χ4n) is 2.39. The molecule has 2 amide bonds. The van der Waals surface area contributed by atoms with Crippen molar-refractivity contribution in [3.8, 4) is 5.75 Å². The highest BCUT2D eigenvalue weighted by atomic mass is 16.5. The molecule has 0 atom stereocenters. The lowest BCUT2D eigenvalue weighted by Crippen LogP contribution is -2.13. The summed E-state index contributed by atoms with van der Waals surface area (Å²) in [5.74, 6) is -0.337. The third kappa shape index (κ3) is 4.66. The van der Waals surface area contributed by atoms with Crippen molar-refractivity contribution in [1.29, 1.82) is 0 Å². The predicted octanol–water partition coefficient (Wildman–Crippen LogP) is 2.72. The largest absolute Gasteiger partial charge is 0.487 e. The van der Waals surface area contributed by atoms with Gasteiger partial charge in [0.1, 0.15) is 12.4 Å². The van der Waals surface area contributed by atoms with Crippen LogP contribution in [-0.2, 0) is 6.61 Å². The summed E-state index contributed by atoms with van der Waals surface area (Å²) in [6.07, 6.45) is 6.03. The zero-order valence-electron chi connectivity index (χ0n) is 14.7. The van der Waals surface area contributed by atoms with Gasteiger partial charge in [-0.05, 0) is 42.3 Å². The number of hydrogen-bond acceptors (Lipinski definition) is 5. The quantitative estimate of drug-likeness (QED) is 0.701. The van der Waals surface area contributed by atoms with Crippen LogP contribution < -0.4 is 15.8 Å². The summed E-state index contributed by atoms with van der Waals surface area (Å²) in [5, 5.41) is 2.89. The van der Waals surface area contributed by atoms with E-state index in [-0.39, 0.29) is 18.1 Å². The number of primary amides is 1. The van der Waals surface area contributed by atoms with E-state index >= 15 is 0 Å². The molecule has 3 N–H and O–H groups in total.